The predicted molar refractivity (Wildman–Crippen MR) is 458 cm³/mol. The van der Waals surface area contributed by atoms with Crippen molar-refractivity contribution >= 4 is 77.7 Å². The van der Waals surface area contributed by atoms with Crippen molar-refractivity contribution in [1.29, 1.82) is 5.41 Å². The van der Waals surface area contributed by atoms with E-state index in [-0.39, 0.29) is 5.92 Å². The molecule has 110 heavy (non-hydrogen) atoms. The number of nitrogens with zero attached hydrogens (tertiary/aromatic N) is 6. The molecule has 1 N–H and O–H groups in total. The van der Waals surface area contributed by atoms with Crippen LogP contribution in [0, 0.1) is 5.41 Å². The van der Waals surface area contributed by atoms with Gasteiger partial charge in [-0.2, -0.15) is 0 Å². The number of hydrogen-bond donors (Lipinski definition) is 1. The summed E-state index contributed by atoms with van der Waals surface area (Å²) in [7, 11) is 0. The molecule has 2 unspecified atom stereocenters. The van der Waals surface area contributed by atoms with E-state index in [0.717, 1.165) is 144 Å². The van der Waals surface area contributed by atoms with Gasteiger partial charge in [-0.1, -0.05) is 262 Å². The summed E-state index contributed by atoms with van der Waals surface area (Å²) in [5.41, 5.74) is 24.2. The zero-order chi connectivity index (χ0) is 73.7. The molecule has 1 aliphatic carbocycles. The summed E-state index contributed by atoms with van der Waals surface area (Å²) in [5.74, 6) is 0.367. The zero-order valence-corrected chi connectivity index (χ0v) is 60.5. The van der Waals surface area contributed by atoms with Gasteiger partial charge in [-0.15, -0.1) is 0 Å². The largest absolute Gasteiger partial charge is 0.300 e. The second-order valence-electron chi connectivity index (χ2n) is 28.8. The second-order valence-corrected chi connectivity index (χ2v) is 28.8. The van der Waals surface area contributed by atoms with Gasteiger partial charge in [-0.25, -0.2) is 9.97 Å². The summed E-state index contributed by atoms with van der Waals surface area (Å²) in [6, 6.07) is 114. The second kappa shape index (κ2) is 28.2. The lowest BCUT2D eigenvalue weighted by atomic mass is 9.72. The summed E-state index contributed by atoms with van der Waals surface area (Å²) in [5, 5.41) is 21.0. The van der Waals surface area contributed by atoms with Crippen LogP contribution in [0.25, 0.3) is 150 Å². The number of nitrogens with one attached hydrogen (secondary N) is 1. The molecule has 14 aromatic carbocycles. The fraction of sp³-hybridized carbons (Fsp3) is 0.0388. The molecule has 4 aromatic heterocycles. The van der Waals surface area contributed by atoms with Gasteiger partial charge < -0.3 is 0 Å². The Kier molecular flexibility index (Phi) is 17.0. The molecule has 1 aliphatic rings. The summed E-state index contributed by atoms with van der Waals surface area (Å²) in [6.45, 7) is 6.70. The van der Waals surface area contributed by atoms with Crippen molar-refractivity contribution in [3.05, 3.63) is 416 Å². The molecule has 2 atom stereocenters. The fourth-order valence-electron chi connectivity index (χ4n) is 16.3. The third-order valence-electron chi connectivity index (χ3n) is 22.0. The molecule has 19 rings (SSSR count). The van der Waals surface area contributed by atoms with Gasteiger partial charge in [-0.3, -0.25) is 25.4 Å². The first-order valence-corrected chi connectivity index (χ1v) is 37.4. The summed E-state index contributed by atoms with van der Waals surface area (Å²) in [6.07, 6.45) is 19.1. The lowest BCUT2D eigenvalue weighted by molar-refractivity contribution is 0.593. The lowest BCUT2D eigenvalue weighted by Gasteiger charge is -2.32. The number of hydrogen-bond acceptors (Lipinski definition) is 7. The van der Waals surface area contributed by atoms with E-state index in [1.54, 1.807) is 0 Å². The first kappa shape index (κ1) is 66.4. The quantitative estimate of drug-likeness (QED) is 0.0723. The van der Waals surface area contributed by atoms with E-state index in [2.05, 4.69) is 310 Å². The normalized spacial score (nSPS) is 13.9. The molecule has 4 heterocycles. The maximum absolute atomic E-state index is 10.4. The number of aromatic nitrogens is 5. The summed E-state index contributed by atoms with van der Waals surface area (Å²) >= 11 is 0. The van der Waals surface area contributed by atoms with Crippen LogP contribution in [0.3, 0.4) is 0 Å². The van der Waals surface area contributed by atoms with Crippen LogP contribution in [0.5, 0.6) is 0 Å². The average molecular weight is 1410 g/mol. The maximum atomic E-state index is 10.4. The van der Waals surface area contributed by atoms with Gasteiger partial charge in [0, 0.05) is 86.7 Å². The van der Waals surface area contributed by atoms with Crippen molar-refractivity contribution in [2.24, 2.45) is 4.99 Å². The number of benzene rings is 14. The smallest absolute Gasteiger partial charge is 0.160 e. The number of pyridine rings is 3. The Balaban J connectivity index is 0.732. The highest BCUT2D eigenvalue weighted by atomic mass is 14.9. The first-order valence-electron chi connectivity index (χ1n) is 37.4. The van der Waals surface area contributed by atoms with Crippen molar-refractivity contribution in [2.75, 3.05) is 0 Å². The van der Waals surface area contributed by atoms with Crippen LogP contribution < -0.4 is 0 Å². The van der Waals surface area contributed by atoms with E-state index in [1.807, 2.05) is 85.6 Å². The van der Waals surface area contributed by atoms with E-state index in [9.17, 15) is 5.41 Å². The van der Waals surface area contributed by atoms with Gasteiger partial charge in [0.1, 0.15) is 0 Å². The molecule has 518 valence electrons. The topological polar surface area (TPSA) is 101 Å². The Morgan fingerprint density at radius 2 is 1.12 bits per heavy atom. The third-order valence-corrected chi connectivity index (χ3v) is 22.0. The average Bonchev–Trinajstić information content (AvgIpc) is 0.744. The monoisotopic (exact) mass is 1410 g/mol. The zero-order valence-electron chi connectivity index (χ0n) is 60.5. The van der Waals surface area contributed by atoms with E-state index in [1.165, 1.54) is 32.3 Å². The van der Waals surface area contributed by atoms with Crippen molar-refractivity contribution in [3.8, 4) is 89.7 Å². The Labute approximate surface area is 638 Å². The molecular weight excluding hydrogens is 1340 g/mol. The highest BCUT2D eigenvalue weighted by molar-refractivity contribution is 6.25. The van der Waals surface area contributed by atoms with Crippen LogP contribution >= 0.6 is 0 Å². The van der Waals surface area contributed by atoms with Gasteiger partial charge in [0.2, 0.25) is 0 Å². The van der Waals surface area contributed by atoms with Crippen molar-refractivity contribution in [2.45, 2.75) is 24.7 Å². The number of rotatable bonds is 17. The Morgan fingerprint density at radius 1 is 0.464 bits per heavy atom. The van der Waals surface area contributed by atoms with Crippen molar-refractivity contribution in [3.63, 3.8) is 0 Å². The van der Waals surface area contributed by atoms with Crippen molar-refractivity contribution in [1.82, 2.24) is 24.9 Å². The van der Waals surface area contributed by atoms with E-state index in [0.29, 0.717) is 29.2 Å². The molecule has 0 amide bonds. The molecule has 0 radical (unpaired) electrons. The fourth-order valence-corrected chi connectivity index (χ4v) is 16.3. The standard InChI is InChI=1S/C103H71N7/c1-3-67-20-7-10-33-88(67)97(83-59-81(79-31-19-51-105-65-79)60-84(61-83)102-109-96-45-41-75(68-21-5-4-6-22-68)62-92(96)101(110-102)90-34-18-24-69-23-8-9-32-86(69)90)73-47-49-103(2,50-48-73)85-42-46-95(91(63-85)100(104)78-30-17-29-77(57-78)94-36-12-14-53-107-94)108-64-66-54-80(74-27-16-28-76(56-74)93-35-11-13-52-106-93)58-82(55-66)87-43-39-72-38-37-70-25-15-26-71-40-44-89(87)99(72)98(70)71/h3-49,51-65,97,104H,1,50H2,2H3. The van der Waals surface area contributed by atoms with Gasteiger partial charge in [0.15, 0.2) is 5.82 Å². The molecule has 0 spiro atoms. The van der Waals surface area contributed by atoms with E-state index in [4.69, 9.17) is 24.9 Å². The molecule has 0 aliphatic heterocycles. The maximum Gasteiger partial charge on any atom is 0.160 e. The minimum atomic E-state index is -0.507. The van der Waals surface area contributed by atoms with Crippen LogP contribution in [-0.4, -0.2) is 36.8 Å². The highest BCUT2D eigenvalue weighted by Gasteiger charge is 2.31. The van der Waals surface area contributed by atoms with Crippen LogP contribution in [0.1, 0.15) is 58.2 Å². The lowest BCUT2D eigenvalue weighted by Crippen LogP contribution is -2.22. The van der Waals surface area contributed by atoms with Gasteiger partial charge in [0.05, 0.1) is 34.0 Å². The van der Waals surface area contributed by atoms with Crippen LogP contribution in [0.4, 0.5) is 5.69 Å². The summed E-state index contributed by atoms with van der Waals surface area (Å²) < 4.78 is 0. The van der Waals surface area contributed by atoms with Gasteiger partial charge in [-0.05, 0) is 219 Å². The van der Waals surface area contributed by atoms with Crippen LogP contribution in [0.15, 0.2) is 382 Å². The number of aliphatic imine (C=N–C) groups is 1. The molecular formula is C103H71N7. The molecule has 0 saturated heterocycles. The third kappa shape index (κ3) is 12.5. The van der Waals surface area contributed by atoms with E-state index < -0.39 is 5.41 Å². The highest BCUT2D eigenvalue weighted by Crippen LogP contribution is 2.47. The Bertz CT molecular complexity index is 6720. The molecule has 7 heteroatoms. The van der Waals surface area contributed by atoms with Crippen molar-refractivity contribution < 1.29 is 0 Å². The number of fused-ring (bicyclic) bond motifs is 2. The summed E-state index contributed by atoms with van der Waals surface area (Å²) in [4.78, 5) is 30.8. The van der Waals surface area contributed by atoms with E-state index >= 15 is 0 Å². The SMILES string of the molecule is C=Cc1ccccc1C(C1=CCC(C)(c2ccc(N=Cc3cc(-c4cccc(-c5ccccn5)c4)cc(-c4ccc5ccc6cccc7ccc4c5c67)c3)c(C(=N)c3cccc(-c4ccccn4)c3)c2)C=C1)c1cc(-c2cccnc2)cc(-c2nc(-c3cccc4ccccc34)c3cc(-c4ccccc4)ccc3n2)c1. The molecule has 0 bridgehead atoms. The number of allylic oxidation sites excluding steroid dienone is 4. The molecule has 18 aromatic rings. The first-order chi connectivity index (χ1) is 54.2. The Hall–Kier alpha value is -14.3. The minimum absolute atomic E-state index is 0.253. The minimum Gasteiger partial charge on any atom is -0.300 e. The van der Waals surface area contributed by atoms with Crippen LogP contribution in [-0.2, 0) is 5.41 Å². The van der Waals surface area contributed by atoms with Gasteiger partial charge in [0.25, 0.3) is 0 Å². The Morgan fingerprint density at radius 3 is 1.92 bits per heavy atom. The van der Waals surface area contributed by atoms with Crippen LogP contribution in [0.2, 0.25) is 0 Å². The molecule has 7 nitrogen and oxygen atoms in total. The predicted octanol–water partition coefficient (Wildman–Crippen LogP) is 26.0. The molecule has 0 fully saturated rings. The van der Waals surface area contributed by atoms with Gasteiger partial charge >= 0.3 is 0 Å². The molecule has 0 saturated carbocycles.